The van der Waals surface area contributed by atoms with E-state index in [4.69, 9.17) is 11.6 Å². The van der Waals surface area contributed by atoms with Gasteiger partial charge in [0.05, 0.1) is 16.5 Å². The van der Waals surface area contributed by atoms with Gasteiger partial charge in [-0.25, -0.2) is 0 Å². The van der Waals surface area contributed by atoms with Crippen LogP contribution in [0.15, 0.2) is 51.9 Å². The third-order valence-electron chi connectivity index (χ3n) is 3.55. The normalized spacial score (nSPS) is 10.8. The summed E-state index contributed by atoms with van der Waals surface area (Å²) >= 11 is 12.5. The number of rotatable bonds is 7. The lowest BCUT2D eigenvalue weighted by Gasteiger charge is -2.08. The van der Waals surface area contributed by atoms with Gasteiger partial charge in [-0.05, 0) is 31.2 Å². The minimum atomic E-state index is -0.162. The van der Waals surface area contributed by atoms with Gasteiger partial charge in [0.1, 0.15) is 0 Å². The fraction of sp³-hybridized carbons (Fsp3) is 0.167. The van der Waals surface area contributed by atoms with Gasteiger partial charge < -0.3 is 5.32 Å². The van der Waals surface area contributed by atoms with Crippen LogP contribution in [0.1, 0.15) is 4.88 Å². The largest absolute Gasteiger partial charge is 0.324 e. The summed E-state index contributed by atoms with van der Waals surface area (Å²) in [4.78, 5) is 13.5. The maximum atomic E-state index is 12.3. The third kappa shape index (κ3) is 5.01. The monoisotopic (exact) mass is 482 g/mol. The fourth-order valence-corrected chi connectivity index (χ4v) is 4.52. The van der Waals surface area contributed by atoms with Gasteiger partial charge in [-0.2, -0.15) is 0 Å². The number of halogens is 2. The van der Waals surface area contributed by atoms with Crippen molar-refractivity contribution in [2.45, 2.75) is 18.6 Å². The summed E-state index contributed by atoms with van der Waals surface area (Å²) in [6, 6.07) is 7.39. The SMILES string of the molecule is C=CCn1c(SCC(=O)Nc2ccc(Br)cc2Cl)nnc1-c1csc(C)c1. The minimum absolute atomic E-state index is 0.162. The summed E-state index contributed by atoms with van der Waals surface area (Å²) in [6.45, 7) is 6.42. The highest BCUT2D eigenvalue weighted by Crippen LogP contribution is 2.28. The van der Waals surface area contributed by atoms with Crippen molar-refractivity contribution in [3.63, 3.8) is 0 Å². The highest BCUT2D eigenvalue weighted by Gasteiger charge is 2.16. The lowest BCUT2D eigenvalue weighted by Crippen LogP contribution is -2.15. The molecule has 140 valence electrons. The molecule has 1 N–H and O–H groups in total. The third-order valence-corrected chi connectivity index (χ3v) is 6.19. The van der Waals surface area contributed by atoms with E-state index in [1.165, 1.54) is 16.6 Å². The van der Waals surface area contributed by atoms with Crippen LogP contribution in [-0.4, -0.2) is 26.4 Å². The lowest BCUT2D eigenvalue weighted by molar-refractivity contribution is -0.113. The van der Waals surface area contributed by atoms with Crippen molar-refractivity contribution in [1.29, 1.82) is 0 Å². The summed E-state index contributed by atoms with van der Waals surface area (Å²) in [5.41, 5.74) is 1.59. The molecular weight excluding hydrogens is 468 g/mol. The van der Waals surface area contributed by atoms with E-state index in [9.17, 15) is 4.79 Å². The Hall–Kier alpha value is -1.61. The van der Waals surface area contributed by atoms with Crippen LogP contribution in [-0.2, 0) is 11.3 Å². The van der Waals surface area contributed by atoms with Crippen molar-refractivity contribution < 1.29 is 4.79 Å². The number of benzene rings is 1. The molecule has 3 aromatic rings. The van der Waals surface area contributed by atoms with E-state index in [-0.39, 0.29) is 11.7 Å². The molecule has 2 aromatic heterocycles. The first-order valence-electron chi connectivity index (χ1n) is 7.95. The van der Waals surface area contributed by atoms with Crippen LogP contribution in [0.5, 0.6) is 0 Å². The lowest BCUT2D eigenvalue weighted by atomic mass is 10.3. The summed E-state index contributed by atoms with van der Waals surface area (Å²) < 4.78 is 2.81. The van der Waals surface area contributed by atoms with Crippen molar-refractivity contribution in [2.75, 3.05) is 11.1 Å². The molecule has 0 aliphatic heterocycles. The van der Waals surface area contributed by atoms with E-state index >= 15 is 0 Å². The predicted molar refractivity (Wildman–Crippen MR) is 117 cm³/mol. The minimum Gasteiger partial charge on any atom is -0.324 e. The zero-order valence-corrected chi connectivity index (χ0v) is 18.4. The molecule has 3 rings (SSSR count). The molecule has 27 heavy (non-hydrogen) atoms. The van der Waals surface area contributed by atoms with Gasteiger partial charge in [0.15, 0.2) is 11.0 Å². The van der Waals surface area contributed by atoms with Crippen LogP contribution in [0.2, 0.25) is 5.02 Å². The Balaban J connectivity index is 1.71. The number of hydrogen-bond acceptors (Lipinski definition) is 5. The number of allylic oxidation sites excluding steroid dienone is 1. The van der Waals surface area contributed by atoms with E-state index in [1.54, 1.807) is 29.5 Å². The first-order chi connectivity index (χ1) is 13.0. The first kappa shape index (κ1) is 20.1. The standard InChI is InChI=1S/C18H16BrClN4OS2/c1-3-6-24-17(12-7-11(2)26-9-12)22-23-18(24)27-10-16(25)21-15-5-4-13(19)8-14(15)20/h3-5,7-9H,1,6,10H2,2H3,(H,21,25). The molecule has 0 aliphatic carbocycles. The second-order valence-electron chi connectivity index (χ2n) is 5.61. The van der Waals surface area contributed by atoms with Crippen LogP contribution >= 0.6 is 50.6 Å². The summed E-state index contributed by atoms with van der Waals surface area (Å²) in [7, 11) is 0. The van der Waals surface area contributed by atoms with Gasteiger partial charge in [0, 0.05) is 26.8 Å². The number of thioether (sulfide) groups is 1. The van der Waals surface area contributed by atoms with Crippen molar-refractivity contribution in [2.24, 2.45) is 0 Å². The maximum absolute atomic E-state index is 12.3. The van der Waals surface area contributed by atoms with E-state index in [0.717, 1.165) is 15.9 Å². The van der Waals surface area contributed by atoms with Crippen molar-refractivity contribution in [3.8, 4) is 11.4 Å². The van der Waals surface area contributed by atoms with Crippen LogP contribution in [0.4, 0.5) is 5.69 Å². The van der Waals surface area contributed by atoms with Crippen LogP contribution in [0, 0.1) is 6.92 Å². The van der Waals surface area contributed by atoms with Crippen molar-refractivity contribution in [1.82, 2.24) is 14.8 Å². The van der Waals surface area contributed by atoms with Crippen molar-refractivity contribution >= 4 is 62.2 Å². The highest BCUT2D eigenvalue weighted by atomic mass is 79.9. The molecule has 0 fully saturated rings. The first-order valence-corrected chi connectivity index (χ1v) is 11.0. The molecule has 0 bridgehead atoms. The summed E-state index contributed by atoms with van der Waals surface area (Å²) in [5, 5.41) is 14.6. The molecule has 0 unspecified atom stereocenters. The fourth-order valence-electron chi connectivity index (χ4n) is 2.37. The Morgan fingerprint density at radius 1 is 1.44 bits per heavy atom. The Bertz CT molecular complexity index is 986. The number of anilines is 1. The van der Waals surface area contributed by atoms with Gasteiger partial charge in [-0.1, -0.05) is 45.4 Å². The molecule has 0 saturated heterocycles. The number of hydrogen-bond donors (Lipinski definition) is 1. The second-order valence-corrected chi connectivity index (χ2v) is 8.99. The molecule has 9 heteroatoms. The molecule has 0 radical (unpaired) electrons. The summed E-state index contributed by atoms with van der Waals surface area (Å²) in [5.74, 6) is 0.813. The van der Waals surface area contributed by atoms with Crippen LogP contribution in [0.3, 0.4) is 0 Å². The van der Waals surface area contributed by atoms with E-state index in [1.807, 2.05) is 10.6 Å². The molecular formula is C18H16BrClN4OS2. The number of nitrogens with one attached hydrogen (secondary N) is 1. The van der Waals surface area contributed by atoms with Gasteiger partial charge >= 0.3 is 0 Å². The van der Waals surface area contributed by atoms with Gasteiger partial charge in [0.25, 0.3) is 0 Å². The number of thiophene rings is 1. The average molecular weight is 484 g/mol. The molecule has 0 saturated carbocycles. The molecule has 0 aliphatic rings. The number of aryl methyl sites for hydroxylation is 1. The highest BCUT2D eigenvalue weighted by molar-refractivity contribution is 9.10. The maximum Gasteiger partial charge on any atom is 0.234 e. The van der Waals surface area contributed by atoms with Crippen molar-refractivity contribution in [3.05, 3.63) is 56.7 Å². The zero-order chi connectivity index (χ0) is 19.4. The Labute approximate surface area is 179 Å². The number of carbonyl (C=O) groups is 1. The Kier molecular flexibility index (Phi) is 6.75. The molecule has 5 nitrogen and oxygen atoms in total. The van der Waals surface area contributed by atoms with E-state index < -0.39 is 0 Å². The van der Waals surface area contributed by atoms with Gasteiger partial charge in [-0.15, -0.1) is 28.1 Å². The zero-order valence-electron chi connectivity index (χ0n) is 14.4. The molecule has 1 aromatic carbocycles. The molecule has 0 atom stereocenters. The number of carbonyl (C=O) groups excluding carboxylic acids is 1. The predicted octanol–water partition coefficient (Wildman–Crippen LogP) is 5.65. The smallest absolute Gasteiger partial charge is 0.234 e. The number of aromatic nitrogens is 3. The topological polar surface area (TPSA) is 59.8 Å². The Morgan fingerprint density at radius 2 is 2.26 bits per heavy atom. The number of amides is 1. The number of nitrogens with zero attached hydrogens (tertiary/aromatic N) is 3. The second kappa shape index (κ2) is 9.05. The van der Waals surface area contributed by atoms with Gasteiger partial charge in [-0.3, -0.25) is 9.36 Å². The average Bonchev–Trinajstić information content (AvgIpc) is 3.22. The molecule has 0 spiro atoms. The van der Waals surface area contributed by atoms with E-state index in [0.29, 0.717) is 22.4 Å². The summed E-state index contributed by atoms with van der Waals surface area (Å²) in [6.07, 6.45) is 1.79. The Morgan fingerprint density at radius 3 is 2.93 bits per heavy atom. The molecule has 1 amide bonds. The molecule has 2 heterocycles. The quantitative estimate of drug-likeness (QED) is 0.348. The van der Waals surface area contributed by atoms with Crippen LogP contribution < -0.4 is 5.32 Å². The van der Waals surface area contributed by atoms with Crippen LogP contribution in [0.25, 0.3) is 11.4 Å². The van der Waals surface area contributed by atoms with Gasteiger partial charge in [0.2, 0.25) is 5.91 Å². The van der Waals surface area contributed by atoms with E-state index in [2.05, 4.69) is 56.4 Å².